The normalized spacial score (nSPS) is 10.6. The summed E-state index contributed by atoms with van der Waals surface area (Å²) >= 11 is 0. The van der Waals surface area contributed by atoms with Crippen LogP contribution in [0.4, 0.5) is 5.69 Å². The van der Waals surface area contributed by atoms with E-state index in [9.17, 15) is 4.79 Å². The summed E-state index contributed by atoms with van der Waals surface area (Å²) in [4.78, 5) is 12.6. The van der Waals surface area contributed by atoms with Gasteiger partial charge in [-0.2, -0.15) is 5.10 Å². The number of nitrogens with zero attached hydrogens (tertiary/aromatic N) is 4. The van der Waals surface area contributed by atoms with Gasteiger partial charge in [-0.1, -0.05) is 19.1 Å². The Morgan fingerprint density at radius 2 is 1.88 bits per heavy atom. The Morgan fingerprint density at radius 1 is 1.12 bits per heavy atom. The molecule has 0 aliphatic rings. The van der Waals surface area contributed by atoms with Crippen LogP contribution in [0, 0.1) is 6.92 Å². The van der Waals surface area contributed by atoms with Crippen molar-refractivity contribution in [2.24, 2.45) is 0 Å². The van der Waals surface area contributed by atoms with Crippen molar-refractivity contribution in [2.75, 3.05) is 11.9 Å². The highest BCUT2D eigenvalue weighted by atomic mass is 16.5. The minimum absolute atomic E-state index is 0.211. The highest BCUT2D eigenvalue weighted by molar-refractivity contribution is 6.04. The zero-order valence-electron chi connectivity index (χ0n) is 15.1. The van der Waals surface area contributed by atoms with E-state index in [4.69, 9.17) is 4.74 Å². The number of nitrogens with one attached hydrogen (secondary N) is 1. The van der Waals surface area contributed by atoms with E-state index in [2.05, 4.69) is 27.5 Å². The van der Waals surface area contributed by atoms with Crippen molar-refractivity contribution in [3.63, 3.8) is 0 Å². The largest absolute Gasteiger partial charge is 0.477 e. The third kappa shape index (κ3) is 3.72. The van der Waals surface area contributed by atoms with E-state index in [1.165, 1.54) is 11.8 Å². The molecule has 3 rings (SSSR count). The molecule has 26 heavy (non-hydrogen) atoms. The molecule has 0 spiro atoms. The van der Waals surface area contributed by atoms with E-state index in [1.54, 1.807) is 16.8 Å². The number of carbonyl (C=O) groups is 1. The number of benzene rings is 1. The summed E-state index contributed by atoms with van der Waals surface area (Å²) in [5, 5.41) is 15.2. The molecule has 0 saturated heterocycles. The van der Waals surface area contributed by atoms with Crippen molar-refractivity contribution < 1.29 is 9.53 Å². The van der Waals surface area contributed by atoms with Crippen molar-refractivity contribution >= 4 is 11.6 Å². The van der Waals surface area contributed by atoms with Gasteiger partial charge in [0.15, 0.2) is 5.82 Å². The summed E-state index contributed by atoms with van der Waals surface area (Å²) in [5.74, 6) is 0.767. The molecule has 2 heterocycles. The molecular formula is C19H21N5O2. The van der Waals surface area contributed by atoms with Crippen LogP contribution in [0.1, 0.15) is 35.5 Å². The first-order valence-electron chi connectivity index (χ1n) is 8.54. The van der Waals surface area contributed by atoms with Crippen LogP contribution in [-0.2, 0) is 6.42 Å². The maximum absolute atomic E-state index is 12.6. The Morgan fingerprint density at radius 3 is 2.50 bits per heavy atom. The smallest absolute Gasteiger partial charge is 0.259 e. The SMILES string of the molecule is CCOc1ccc(-n2ncc(C(=O)Nc3ccc(CC)cc3)c2C)nn1. The first kappa shape index (κ1) is 17.6. The molecule has 0 atom stereocenters. The fraction of sp³-hybridized carbons (Fsp3) is 0.263. The van der Waals surface area contributed by atoms with E-state index in [1.807, 2.05) is 38.1 Å². The van der Waals surface area contributed by atoms with Gasteiger partial charge in [-0.15, -0.1) is 10.2 Å². The lowest BCUT2D eigenvalue weighted by atomic mass is 10.1. The number of hydrogen-bond acceptors (Lipinski definition) is 5. The number of carbonyl (C=O) groups excluding carboxylic acids is 1. The van der Waals surface area contributed by atoms with Crippen LogP contribution in [0.3, 0.4) is 0 Å². The van der Waals surface area contributed by atoms with Gasteiger partial charge in [0.2, 0.25) is 5.88 Å². The number of anilines is 1. The summed E-state index contributed by atoms with van der Waals surface area (Å²) in [6.07, 6.45) is 2.49. The minimum Gasteiger partial charge on any atom is -0.477 e. The molecule has 1 amide bonds. The van der Waals surface area contributed by atoms with Gasteiger partial charge in [0.25, 0.3) is 5.91 Å². The van der Waals surface area contributed by atoms with E-state index < -0.39 is 0 Å². The third-order valence-electron chi connectivity index (χ3n) is 4.01. The van der Waals surface area contributed by atoms with Crippen molar-refractivity contribution in [3.05, 3.63) is 59.4 Å². The van der Waals surface area contributed by atoms with Crippen LogP contribution >= 0.6 is 0 Å². The van der Waals surface area contributed by atoms with Gasteiger partial charge in [0.1, 0.15) is 0 Å². The molecule has 134 valence electrons. The zero-order valence-corrected chi connectivity index (χ0v) is 15.1. The predicted molar refractivity (Wildman–Crippen MR) is 98.8 cm³/mol. The second kappa shape index (κ2) is 7.77. The number of aryl methyl sites for hydroxylation is 1. The summed E-state index contributed by atoms with van der Waals surface area (Å²) in [6, 6.07) is 11.3. The molecule has 7 heteroatoms. The molecule has 0 radical (unpaired) electrons. The Kier molecular flexibility index (Phi) is 5.26. The minimum atomic E-state index is -0.211. The lowest BCUT2D eigenvalue weighted by Gasteiger charge is -2.07. The Labute approximate surface area is 152 Å². The van der Waals surface area contributed by atoms with Crippen LogP contribution in [0.25, 0.3) is 5.82 Å². The Bertz CT molecular complexity index is 885. The number of ether oxygens (including phenoxy) is 1. The van der Waals surface area contributed by atoms with Crippen molar-refractivity contribution in [1.29, 1.82) is 0 Å². The van der Waals surface area contributed by atoms with E-state index in [0.29, 0.717) is 29.6 Å². The number of amides is 1. The number of rotatable bonds is 6. The summed E-state index contributed by atoms with van der Waals surface area (Å²) < 4.78 is 6.87. The van der Waals surface area contributed by atoms with E-state index >= 15 is 0 Å². The Hall–Kier alpha value is -3.22. The van der Waals surface area contributed by atoms with Gasteiger partial charge in [-0.3, -0.25) is 4.79 Å². The number of aromatic nitrogens is 4. The lowest BCUT2D eigenvalue weighted by molar-refractivity contribution is 0.102. The number of hydrogen-bond donors (Lipinski definition) is 1. The average molecular weight is 351 g/mol. The monoisotopic (exact) mass is 351 g/mol. The van der Waals surface area contributed by atoms with Crippen molar-refractivity contribution in [1.82, 2.24) is 20.0 Å². The maximum atomic E-state index is 12.6. The molecule has 0 saturated carbocycles. The topological polar surface area (TPSA) is 81.9 Å². The molecule has 0 aliphatic carbocycles. The predicted octanol–water partition coefficient (Wildman–Crippen LogP) is 3.18. The molecule has 3 aromatic rings. The molecule has 1 aromatic carbocycles. The quantitative estimate of drug-likeness (QED) is 0.737. The van der Waals surface area contributed by atoms with Gasteiger partial charge in [-0.25, -0.2) is 4.68 Å². The highest BCUT2D eigenvalue weighted by Gasteiger charge is 2.16. The molecule has 2 aromatic heterocycles. The van der Waals surface area contributed by atoms with Crippen molar-refractivity contribution in [3.8, 4) is 11.7 Å². The molecular weight excluding hydrogens is 330 g/mol. The zero-order chi connectivity index (χ0) is 18.5. The van der Waals surface area contributed by atoms with Gasteiger partial charge in [-0.05, 0) is 44.0 Å². The molecule has 0 aliphatic heterocycles. The lowest BCUT2D eigenvalue weighted by Crippen LogP contribution is -2.13. The van der Waals surface area contributed by atoms with Crippen LogP contribution < -0.4 is 10.1 Å². The van der Waals surface area contributed by atoms with Gasteiger partial charge in [0, 0.05) is 11.8 Å². The molecule has 0 unspecified atom stereocenters. The molecule has 7 nitrogen and oxygen atoms in total. The standard InChI is InChI=1S/C19H21N5O2/c1-4-14-6-8-15(9-7-14)21-19(25)16-12-20-24(13(16)3)17-10-11-18(23-22-17)26-5-2/h6-12H,4-5H2,1-3H3,(H,21,25). The van der Waals surface area contributed by atoms with Gasteiger partial charge >= 0.3 is 0 Å². The third-order valence-corrected chi connectivity index (χ3v) is 4.01. The molecule has 1 N–H and O–H groups in total. The van der Waals surface area contributed by atoms with E-state index in [0.717, 1.165) is 12.1 Å². The first-order chi connectivity index (χ1) is 12.6. The van der Waals surface area contributed by atoms with Crippen molar-refractivity contribution in [2.45, 2.75) is 27.2 Å². The van der Waals surface area contributed by atoms with Crippen LogP contribution in [0.2, 0.25) is 0 Å². The summed E-state index contributed by atoms with van der Waals surface area (Å²) in [7, 11) is 0. The molecule has 0 bridgehead atoms. The van der Waals surface area contributed by atoms with Gasteiger partial charge in [0.05, 0.1) is 24.1 Å². The second-order valence-electron chi connectivity index (χ2n) is 5.72. The maximum Gasteiger partial charge on any atom is 0.259 e. The van der Waals surface area contributed by atoms with Crippen LogP contribution in [0.15, 0.2) is 42.6 Å². The fourth-order valence-corrected chi connectivity index (χ4v) is 2.54. The van der Waals surface area contributed by atoms with Crippen LogP contribution in [-0.4, -0.2) is 32.5 Å². The van der Waals surface area contributed by atoms with Crippen LogP contribution in [0.5, 0.6) is 5.88 Å². The summed E-state index contributed by atoms with van der Waals surface area (Å²) in [6.45, 7) is 6.32. The average Bonchev–Trinajstić information content (AvgIpc) is 3.05. The highest BCUT2D eigenvalue weighted by Crippen LogP contribution is 2.16. The Balaban J connectivity index is 1.77. The summed E-state index contributed by atoms with van der Waals surface area (Å²) in [5.41, 5.74) is 3.15. The van der Waals surface area contributed by atoms with Gasteiger partial charge < -0.3 is 10.1 Å². The fourth-order valence-electron chi connectivity index (χ4n) is 2.54. The second-order valence-corrected chi connectivity index (χ2v) is 5.72. The van der Waals surface area contributed by atoms with E-state index in [-0.39, 0.29) is 5.91 Å². The first-order valence-corrected chi connectivity index (χ1v) is 8.54. The molecule has 0 fully saturated rings.